The van der Waals surface area contributed by atoms with Gasteiger partial charge >= 0.3 is 5.97 Å². The van der Waals surface area contributed by atoms with E-state index in [1.165, 1.54) is 44.9 Å². The van der Waals surface area contributed by atoms with Crippen LogP contribution in [0.1, 0.15) is 71.6 Å². The molecule has 0 saturated carbocycles. The van der Waals surface area contributed by atoms with Gasteiger partial charge in [-0.3, -0.25) is 4.79 Å². The summed E-state index contributed by atoms with van der Waals surface area (Å²) in [6.07, 6.45) is 10.5. The molecule has 0 radical (unpaired) electrons. The minimum Gasteiger partial charge on any atom is -0.466 e. The van der Waals surface area contributed by atoms with Gasteiger partial charge in [0, 0.05) is 6.61 Å². The summed E-state index contributed by atoms with van der Waals surface area (Å²) >= 11 is 0. The van der Waals surface area contributed by atoms with Crippen molar-refractivity contribution in [3.05, 3.63) is 0 Å². The molecule has 108 valence electrons. The van der Waals surface area contributed by atoms with Gasteiger partial charge in [-0.05, 0) is 13.3 Å². The smallest absolute Gasteiger partial charge is 0.308 e. The molecule has 0 aromatic rings. The van der Waals surface area contributed by atoms with E-state index in [2.05, 4.69) is 6.92 Å². The van der Waals surface area contributed by atoms with E-state index >= 15 is 0 Å². The predicted octanol–water partition coefficient (Wildman–Crippen LogP) is 4.10. The molecule has 0 bridgehead atoms. The minimum absolute atomic E-state index is 0.133. The first-order chi connectivity index (χ1) is 8.81. The Bertz CT molecular complexity index is 181. The van der Waals surface area contributed by atoms with Crippen molar-refractivity contribution in [3.8, 4) is 0 Å². The van der Waals surface area contributed by atoms with Crippen LogP contribution >= 0.6 is 0 Å². The zero-order valence-corrected chi connectivity index (χ0v) is 12.2. The van der Waals surface area contributed by atoms with Crippen LogP contribution in [-0.4, -0.2) is 25.8 Å². The Labute approximate surface area is 112 Å². The molecule has 18 heavy (non-hydrogen) atoms. The first kappa shape index (κ1) is 17.4. The van der Waals surface area contributed by atoms with Crippen LogP contribution < -0.4 is 0 Å². The molecule has 0 amide bonds. The molecule has 3 nitrogen and oxygen atoms in total. The first-order valence-electron chi connectivity index (χ1n) is 7.54. The summed E-state index contributed by atoms with van der Waals surface area (Å²) in [6, 6.07) is 0. The molecule has 0 spiro atoms. The lowest BCUT2D eigenvalue weighted by Crippen LogP contribution is -2.09. The molecule has 0 atom stereocenters. The van der Waals surface area contributed by atoms with E-state index in [9.17, 15) is 4.79 Å². The van der Waals surface area contributed by atoms with Crippen molar-refractivity contribution >= 4 is 5.97 Å². The number of esters is 1. The molecular formula is C15H30O3. The normalized spacial score (nSPS) is 10.6. The average Bonchev–Trinajstić information content (AvgIpc) is 2.37. The molecule has 0 fully saturated rings. The molecule has 0 N–H and O–H groups in total. The monoisotopic (exact) mass is 258 g/mol. The van der Waals surface area contributed by atoms with Crippen molar-refractivity contribution in [2.45, 2.75) is 71.6 Å². The summed E-state index contributed by atoms with van der Waals surface area (Å²) in [5.74, 6) is -0.133. The number of hydrogen-bond donors (Lipinski definition) is 0. The third-order valence-corrected chi connectivity index (χ3v) is 2.92. The summed E-state index contributed by atoms with van der Waals surface area (Å²) in [5.41, 5.74) is 0. The van der Waals surface area contributed by atoms with Crippen LogP contribution in [-0.2, 0) is 14.3 Å². The van der Waals surface area contributed by atoms with Crippen molar-refractivity contribution in [2.75, 3.05) is 19.8 Å². The summed E-state index contributed by atoms with van der Waals surface area (Å²) in [6.45, 7) is 5.86. The van der Waals surface area contributed by atoms with Gasteiger partial charge in [0.25, 0.3) is 0 Å². The number of carbonyl (C=O) groups is 1. The second-order valence-electron chi connectivity index (χ2n) is 4.64. The molecular weight excluding hydrogens is 228 g/mol. The zero-order chi connectivity index (χ0) is 13.5. The van der Waals surface area contributed by atoms with Crippen LogP contribution in [0.25, 0.3) is 0 Å². The van der Waals surface area contributed by atoms with Crippen molar-refractivity contribution in [2.24, 2.45) is 0 Å². The lowest BCUT2D eigenvalue weighted by molar-refractivity contribution is -0.144. The lowest BCUT2D eigenvalue weighted by atomic mass is 10.1. The maximum Gasteiger partial charge on any atom is 0.308 e. The zero-order valence-electron chi connectivity index (χ0n) is 12.2. The molecule has 0 heterocycles. The van der Waals surface area contributed by atoms with Gasteiger partial charge in [-0.2, -0.15) is 0 Å². The Morgan fingerprint density at radius 3 is 2.06 bits per heavy atom. The molecule has 0 aliphatic carbocycles. The fourth-order valence-corrected chi connectivity index (χ4v) is 1.79. The van der Waals surface area contributed by atoms with Crippen molar-refractivity contribution in [1.82, 2.24) is 0 Å². The van der Waals surface area contributed by atoms with Crippen LogP contribution in [0.4, 0.5) is 0 Å². The van der Waals surface area contributed by atoms with Gasteiger partial charge in [-0.15, -0.1) is 0 Å². The molecule has 0 aliphatic heterocycles. The summed E-state index contributed by atoms with van der Waals surface area (Å²) in [4.78, 5) is 11.2. The van der Waals surface area contributed by atoms with Gasteiger partial charge in [0.05, 0.1) is 19.6 Å². The highest BCUT2D eigenvalue weighted by atomic mass is 16.5. The highest BCUT2D eigenvalue weighted by Gasteiger charge is 2.01. The van der Waals surface area contributed by atoms with E-state index in [0.29, 0.717) is 26.2 Å². The van der Waals surface area contributed by atoms with Crippen LogP contribution in [0.15, 0.2) is 0 Å². The summed E-state index contributed by atoms with van der Waals surface area (Å²) in [7, 11) is 0. The number of ether oxygens (including phenoxy) is 2. The van der Waals surface area contributed by atoms with Crippen molar-refractivity contribution in [1.29, 1.82) is 0 Å². The van der Waals surface area contributed by atoms with Crippen molar-refractivity contribution in [3.63, 3.8) is 0 Å². The van der Waals surface area contributed by atoms with E-state index in [4.69, 9.17) is 9.47 Å². The van der Waals surface area contributed by atoms with E-state index in [1.54, 1.807) is 0 Å². The summed E-state index contributed by atoms with van der Waals surface area (Å²) < 4.78 is 10.2. The fraction of sp³-hybridized carbons (Fsp3) is 0.933. The highest BCUT2D eigenvalue weighted by Crippen LogP contribution is 2.08. The first-order valence-corrected chi connectivity index (χ1v) is 7.54. The second kappa shape index (κ2) is 14.5. The number of rotatable bonds is 13. The van der Waals surface area contributed by atoms with Gasteiger partial charge in [0.2, 0.25) is 0 Å². The van der Waals surface area contributed by atoms with Crippen LogP contribution in [0.5, 0.6) is 0 Å². The van der Waals surface area contributed by atoms with Crippen LogP contribution in [0.3, 0.4) is 0 Å². The van der Waals surface area contributed by atoms with Gasteiger partial charge in [0.1, 0.15) is 0 Å². The van der Waals surface area contributed by atoms with E-state index in [1.807, 2.05) is 6.92 Å². The predicted molar refractivity (Wildman–Crippen MR) is 74.7 cm³/mol. The highest BCUT2D eigenvalue weighted by molar-refractivity contribution is 5.69. The molecule has 0 aromatic heterocycles. The largest absolute Gasteiger partial charge is 0.466 e. The Morgan fingerprint density at radius 2 is 1.44 bits per heavy atom. The maximum absolute atomic E-state index is 11.2. The molecule has 0 saturated heterocycles. The number of carbonyl (C=O) groups excluding carboxylic acids is 1. The Kier molecular flexibility index (Phi) is 14.0. The van der Waals surface area contributed by atoms with E-state index < -0.39 is 0 Å². The third-order valence-electron chi connectivity index (χ3n) is 2.92. The molecule has 0 unspecified atom stereocenters. The quantitative estimate of drug-likeness (QED) is 0.368. The van der Waals surface area contributed by atoms with Crippen LogP contribution in [0.2, 0.25) is 0 Å². The molecule has 0 rings (SSSR count). The topological polar surface area (TPSA) is 35.5 Å². The second-order valence-corrected chi connectivity index (χ2v) is 4.64. The lowest BCUT2D eigenvalue weighted by Gasteiger charge is -2.05. The minimum atomic E-state index is -0.133. The van der Waals surface area contributed by atoms with Gasteiger partial charge in [0.15, 0.2) is 0 Å². The number of unbranched alkanes of at least 4 members (excludes halogenated alkanes) is 7. The summed E-state index contributed by atoms with van der Waals surface area (Å²) in [5, 5.41) is 0. The molecule has 3 heteroatoms. The molecule has 0 aromatic carbocycles. The Morgan fingerprint density at radius 1 is 0.833 bits per heavy atom. The van der Waals surface area contributed by atoms with Crippen LogP contribution in [0, 0.1) is 0 Å². The number of hydrogen-bond acceptors (Lipinski definition) is 3. The maximum atomic E-state index is 11.2. The van der Waals surface area contributed by atoms with Gasteiger partial charge < -0.3 is 9.47 Å². The third kappa shape index (κ3) is 13.5. The fourth-order valence-electron chi connectivity index (χ4n) is 1.79. The Hall–Kier alpha value is -0.570. The SMILES string of the molecule is CCCCCCCCCCOC(=O)CCOCC. The van der Waals surface area contributed by atoms with Gasteiger partial charge in [-0.25, -0.2) is 0 Å². The molecule has 0 aliphatic rings. The standard InChI is InChI=1S/C15H30O3/c1-3-5-6-7-8-9-10-11-13-18-15(16)12-14-17-4-2/h3-14H2,1-2H3. The Balaban J connectivity index is 3.08. The average molecular weight is 258 g/mol. The van der Waals surface area contributed by atoms with E-state index in [0.717, 1.165) is 6.42 Å². The van der Waals surface area contributed by atoms with Crippen molar-refractivity contribution < 1.29 is 14.3 Å². The van der Waals surface area contributed by atoms with Gasteiger partial charge in [-0.1, -0.05) is 51.9 Å². The van der Waals surface area contributed by atoms with E-state index in [-0.39, 0.29) is 5.97 Å².